The molecule has 0 aliphatic carbocycles. The van der Waals surface area contributed by atoms with Crippen molar-refractivity contribution < 1.29 is 14.7 Å². The number of pyridine rings is 1. The molecule has 33 heavy (non-hydrogen) atoms. The van der Waals surface area contributed by atoms with Crippen LogP contribution >= 0.6 is 23.2 Å². The molecule has 1 heterocycles. The molecule has 0 saturated carbocycles. The Morgan fingerprint density at radius 2 is 1.61 bits per heavy atom. The van der Waals surface area contributed by atoms with Gasteiger partial charge in [0.15, 0.2) is 0 Å². The van der Waals surface area contributed by atoms with Gasteiger partial charge < -0.3 is 21.1 Å². The molecule has 0 aliphatic heterocycles. The number of nitrogens with zero attached hydrogens (tertiary/aromatic N) is 1. The van der Waals surface area contributed by atoms with Gasteiger partial charge in [-0.25, -0.2) is 4.79 Å². The second-order valence-corrected chi connectivity index (χ2v) is 8.02. The maximum Gasteiger partial charge on any atom is 0.326 e. The zero-order chi connectivity index (χ0) is 24.1. The van der Waals surface area contributed by atoms with E-state index in [1.807, 2.05) is 6.92 Å². The van der Waals surface area contributed by atoms with E-state index in [1.54, 1.807) is 12.1 Å². The van der Waals surface area contributed by atoms with Crippen molar-refractivity contribution in [2.24, 2.45) is 0 Å². The molecule has 3 rings (SSSR count). The van der Waals surface area contributed by atoms with E-state index in [4.69, 9.17) is 23.2 Å². The first-order valence-corrected chi connectivity index (χ1v) is 10.7. The van der Waals surface area contributed by atoms with Crippen LogP contribution in [0.3, 0.4) is 0 Å². The van der Waals surface area contributed by atoms with Crippen LogP contribution in [0, 0.1) is 0 Å². The summed E-state index contributed by atoms with van der Waals surface area (Å²) in [5.41, 5.74) is -0.195. The molecule has 9 nitrogen and oxygen atoms in total. The van der Waals surface area contributed by atoms with Crippen LogP contribution < -0.4 is 26.8 Å². The minimum atomic E-state index is -1.19. The number of carboxylic acid groups (broad SMARTS) is 1. The molecule has 0 aliphatic rings. The Labute approximate surface area is 198 Å². The summed E-state index contributed by atoms with van der Waals surface area (Å²) in [6.45, 7) is 2.38. The van der Waals surface area contributed by atoms with E-state index < -0.39 is 28.8 Å². The SMILES string of the molecule is CCCNc1c(N[C@@H](Cc2ccc(C(=O)Nc3c(Cl)cncc3Cl)cc2)C(=O)O)c(=O)c1=O. The van der Waals surface area contributed by atoms with Gasteiger partial charge in [0.1, 0.15) is 17.4 Å². The van der Waals surface area contributed by atoms with Crippen molar-refractivity contribution in [1.82, 2.24) is 4.98 Å². The predicted octanol–water partition coefficient (Wildman–Crippen LogP) is 3.17. The van der Waals surface area contributed by atoms with Crippen LogP contribution in [0.25, 0.3) is 0 Å². The largest absolute Gasteiger partial charge is 0.480 e. The zero-order valence-corrected chi connectivity index (χ0v) is 19.0. The molecule has 172 valence electrons. The lowest BCUT2D eigenvalue weighted by atomic mass is 10.0. The van der Waals surface area contributed by atoms with Gasteiger partial charge in [-0.15, -0.1) is 0 Å². The van der Waals surface area contributed by atoms with Gasteiger partial charge >= 0.3 is 5.97 Å². The summed E-state index contributed by atoms with van der Waals surface area (Å²) in [7, 11) is 0. The standard InChI is InChI=1S/C22H20Cl2N4O5/c1-2-7-26-17-18(20(30)19(17)29)27-15(22(32)33)8-11-3-5-12(6-4-11)21(31)28-16-13(23)9-25-10-14(16)24/h3-6,9-10,15,26-27H,2,7-8H2,1H3,(H,32,33)(H,25,28,31)/t15-/m0/s1. The molecule has 1 aromatic heterocycles. The number of nitrogens with one attached hydrogen (secondary N) is 3. The highest BCUT2D eigenvalue weighted by atomic mass is 35.5. The molecule has 0 fully saturated rings. The molecule has 3 aromatic rings. The number of aromatic nitrogens is 1. The van der Waals surface area contributed by atoms with E-state index in [1.165, 1.54) is 24.5 Å². The summed E-state index contributed by atoms with van der Waals surface area (Å²) in [5, 5.41) is 18.1. The van der Waals surface area contributed by atoms with Gasteiger partial charge in [-0.2, -0.15) is 0 Å². The highest BCUT2D eigenvalue weighted by Crippen LogP contribution is 2.29. The minimum absolute atomic E-state index is 0.0191. The van der Waals surface area contributed by atoms with Crippen LogP contribution in [-0.4, -0.2) is 34.6 Å². The number of anilines is 3. The Bertz CT molecular complexity index is 1230. The van der Waals surface area contributed by atoms with Crippen molar-refractivity contribution in [2.75, 3.05) is 22.5 Å². The number of amides is 1. The third kappa shape index (κ3) is 5.50. The van der Waals surface area contributed by atoms with Crippen molar-refractivity contribution in [1.29, 1.82) is 0 Å². The molecule has 1 amide bonds. The number of hydrogen-bond acceptors (Lipinski definition) is 7. The lowest BCUT2D eigenvalue weighted by Crippen LogP contribution is -2.42. The Hall–Kier alpha value is -3.43. The zero-order valence-electron chi connectivity index (χ0n) is 17.4. The summed E-state index contributed by atoms with van der Waals surface area (Å²) in [5.74, 6) is -1.65. The Kier molecular flexibility index (Phi) is 7.67. The predicted molar refractivity (Wildman–Crippen MR) is 128 cm³/mol. The number of hydrogen-bond donors (Lipinski definition) is 4. The van der Waals surface area contributed by atoms with Gasteiger partial charge in [0.2, 0.25) is 0 Å². The summed E-state index contributed by atoms with van der Waals surface area (Å²) in [6, 6.07) is 5.10. The third-order valence-electron chi connectivity index (χ3n) is 4.83. The molecule has 4 N–H and O–H groups in total. The average molecular weight is 491 g/mol. The summed E-state index contributed by atoms with van der Waals surface area (Å²) in [4.78, 5) is 51.7. The molecule has 11 heteroatoms. The average Bonchev–Trinajstić information content (AvgIpc) is 2.80. The summed E-state index contributed by atoms with van der Waals surface area (Å²) < 4.78 is 0. The van der Waals surface area contributed by atoms with Gasteiger partial charge in [0.25, 0.3) is 16.8 Å². The number of carbonyl (C=O) groups excluding carboxylic acids is 1. The van der Waals surface area contributed by atoms with Crippen LogP contribution in [0.2, 0.25) is 10.0 Å². The molecule has 2 aromatic carbocycles. The van der Waals surface area contributed by atoms with E-state index in [0.717, 1.165) is 6.42 Å². The molecular weight excluding hydrogens is 471 g/mol. The molecule has 0 bridgehead atoms. The second kappa shape index (κ2) is 10.5. The van der Waals surface area contributed by atoms with Crippen molar-refractivity contribution >= 4 is 52.1 Å². The topological polar surface area (TPSA) is 137 Å². The van der Waals surface area contributed by atoms with Crippen molar-refractivity contribution in [3.63, 3.8) is 0 Å². The molecule has 0 saturated heterocycles. The van der Waals surface area contributed by atoms with Crippen LogP contribution in [0.15, 0.2) is 46.2 Å². The summed E-state index contributed by atoms with van der Waals surface area (Å²) in [6.07, 6.45) is 3.46. The lowest BCUT2D eigenvalue weighted by Gasteiger charge is -2.20. The second-order valence-electron chi connectivity index (χ2n) is 7.20. The first kappa shape index (κ1) is 24.2. The van der Waals surface area contributed by atoms with Gasteiger partial charge in [-0.05, 0) is 24.1 Å². The van der Waals surface area contributed by atoms with Gasteiger partial charge in [0, 0.05) is 30.9 Å². The normalized spacial score (nSPS) is 11.7. The van der Waals surface area contributed by atoms with E-state index in [2.05, 4.69) is 20.9 Å². The first-order chi connectivity index (χ1) is 15.7. The smallest absolute Gasteiger partial charge is 0.326 e. The first-order valence-electron chi connectivity index (χ1n) is 9.98. The minimum Gasteiger partial charge on any atom is -0.480 e. The molecular formula is C22H20Cl2N4O5. The van der Waals surface area contributed by atoms with Crippen LogP contribution in [0.1, 0.15) is 29.3 Å². The number of halogens is 2. The van der Waals surface area contributed by atoms with Gasteiger partial charge in [-0.3, -0.25) is 19.4 Å². The Morgan fingerprint density at radius 1 is 1.00 bits per heavy atom. The van der Waals surface area contributed by atoms with Crippen molar-refractivity contribution in [2.45, 2.75) is 25.8 Å². The molecule has 1 atom stereocenters. The van der Waals surface area contributed by atoms with E-state index in [0.29, 0.717) is 17.7 Å². The quantitative estimate of drug-likeness (QED) is 0.318. The van der Waals surface area contributed by atoms with E-state index >= 15 is 0 Å². The highest BCUT2D eigenvalue weighted by molar-refractivity contribution is 6.39. The number of benzene rings is 1. The highest BCUT2D eigenvalue weighted by Gasteiger charge is 2.26. The molecule has 0 spiro atoms. The fourth-order valence-electron chi connectivity index (χ4n) is 3.07. The maximum absolute atomic E-state index is 12.5. The number of carboxylic acids is 1. The lowest BCUT2D eigenvalue weighted by molar-refractivity contribution is -0.137. The summed E-state index contributed by atoms with van der Waals surface area (Å²) >= 11 is 12.0. The number of aliphatic carboxylic acids is 1. The van der Waals surface area contributed by atoms with Crippen molar-refractivity contribution in [3.05, 3.63) is 78.3 Å². The Balaban J connectivity index is 1.70. The van der Waals surface area contributed by atoms with Crippen molar-refractivity contribution in [3.8, 4) is 0 Å². The van der Waals surface area contributed by atoms with Crippen LogP contribution in [0.5, 0.6) is 0 Å². The molecule has 0 unspecified atom stereocenters. The van der Waals surface area contributed by atoms with Gasteiger partial charge in [-0.1, -0.05) is 42.3 Å². The Morgan fingerprint density at radius 3 is 2.18 bits per heavy atom. The number of carbonyl (C=O) groups is 2. The third-order valence-corrected chi connectivity index (χ3v) is 5.40. The van der Waals surface area contributed by atoms with E-state index in [9.17, 15) is 24.3 Å². The van der Waals surface area contributed by atoms with E-state index in [-0.39, 0.29) is 33.5 Å². The molecule has 0 radical (unpaired) electrons. The maximum atomic E-state index is 12.5. The monoisotopic (exact) mass is 490 g/mol. The fraction of sp³-hybridized carbons (Fsp3) is 0.227. The van der Waals surface area contributed by atoms with Gasteiger partial charge in [0.05, 0.1) is 15.7 Å². The number of rotatable bonds is 10. The fourth-order valence-corrected chi connectivity index (χ4v) is 3.53. The van der Waals surface area contributed by atoms with Crippen LogP contribution in [-0.2, 0) is 11.2 Å². The van der Waals surface area contributed by atoms with Crippen LogP contribution in [0.4, 0.5) is 17.1 Å².